The van der Waals surface area contributed by atoms with E-state index >= 15 is 0 Å². The monoisotopic (exact) mass is 394 g/mol. The van der Waals surface area contributed by atoms with Gasteiger partial charge in [-0.1, -0.05) is 0 Å². The molecule has 9 nitrogen and oxygen atoms in total. The SMILES string of the molecule is COc1cc(C(O)CNC(=O)c2ccc([N+](=O)[O-])cc2F)cc(OC)c1OC. The standard InChI is InChI=1S/C18H19FN2O7/c1-26-15-6-10(7-16(27-2)17(15)28-3)14(22)9-20-18(23)12-5-4-11(21(24)25)8-13(12)19/h4-8,14,22H,9H2,1-3H3,(H,20,23). The van der Waals surface area contributed by atoms with Gasteiger partial charge >= 0.3 is 0 Å². The molecule has 0 aliphatic carbocycles. The smallest absolute Gasteiger partial charge is 0.272 e. The lowest BCUT2D eigenvalue weighted by atomic mass is 10.1. The average Bonchev–Trinajstić information content (AvgIpc) is 2.70. The lowest BCUT2D eigenvalue weighted by molar-refractivity contribution is -0.385. The molecule has 0 fully saturated rings. The van der Waals surface area contributed by atoms with E-state index in [1.807, 2.05) is 0 Å². The predicted octanol–water partition coefficient (Wildman–Crippen LogP) is 2.22. The van der Waals surface area contributed by atoms with Crippen LogP contribution in [0.4, 0.5) is 10.1 Å². The Morgan fingerprint density at radius 2 is 1.79 bits per heavy atom. The first-order chi connectivity index (χ1) is 13.3. The van der Waals surface area contributed by atoms with E-state index in [0.29, 0.717) is 28.9 Å². The van der Waals surface area contributed by atoms with Crippen molar-refractivity contribution < 1.29 is 33.4 Å². The quantitative estimate of drug-likeness (QED) is 0.520. The maximum Gasteiger partial charge on any atom is 0.272 e. The number of non-ortho nitro benzene ring substituents is 1. The second kappa shape index (κ2) is 9.00. The number of benzene rings is 2. The number of rotatable bonds is 8. The summed E-state index contributed by atoms with van der Waals surface area (Å²) in [5, 5.41) is 23.4. The van der Waals surface area contributed by atoms with Crippen molar-refractivity contribution in [2.24, 2.45) is 0 Å². The van der Waals surface area contributed by atoms with Crippen LogP contribution >= 0.6 is 0 Å². The summed E-state index contributed by atoms with van der Waals surface area (Å²) in [6.45, 7) is -0.242. The van der Waals surface area contributed by atoms with E-state index in [-0.39, 0.29) is 12.1 Å². The summed E-state index contributed by atoms with van der Waals surface area (Å²) < 4.78 is 29.5. The average molecular weight is 394 g/mol. The predicted molar refractivity (Wildman–Crippen MR) is 96.4 cm³/mol. The third-order valence-electron chi connectivity index (χ3n) is 3.94. The van der Waals surface area contributed by atoms with Gasteiger partial charge in [0.15, 0.2) is 11.5 Å². The Morgan fingerprint density at radius 3 is 2.25 bits per heavy atom. The van der Waals surface area contributed by atoms with Crippen LogP contribution in [0.15, 0.2) is 30.3 Å². The molecule has 1 unspecified atom stereocenters. The van der Waals surface area contributed by atoms with Gasteiger partial charge in [-0.3, -0.25) is 14.9 Å². The third kappa shape index (κ3) is 4.46. The maximum absolute atomic E-state index is 13.9. The van der Waals surface area contributed by atoms with Gasteiger partial charge in [0.1, 0.15) is 5.82 Å². The van der Waals surface area contributed by atoms with Crippen LogP contribution in [-0.4, -0.2) is 43.8 Å². The molecule has 2 aromatic carbocycles. The third-order valence-corrected chi connectivity index (χ3v) is 3.94. The van der Waals surface area contributed by atoms with E-state index in [4.69, 9.17) is 14.2 Å². The molecule has 1 amide bonds. The zero-order valence-corrected chi connectivity index (χ0v) is 15.4. The molecule has 2 N–H and O–H groups in total. The second-order valence-corrected chi connectivity index (χ2v) is 5.61. The zero-order valence-electron chi connectivity index (χ0n) is 15.4. The molecule has 0 aliphatic heterocycles. The van der Waals surface area contributed by atoms with Gasteiger partial charge in [-0.15, -0.1) is 0 Å². The van der Waals surface area contributed by atoms with E-state index in [1.165, 1.54) is 33.5 Å². The Labute approximate surface area is 159 Å². The fourth-order valence-electron chi connectivity index (χ4n) is 2.50. The molecule has 0 heterocycles. The van der Waals surface area contributed by atoms with Crippen molar-refractivity contribution in [3.05, 3.63) is 57.4 Å². The first kappa shape index (κ1) is 20.9. The number of nitro benzene ring substituents is 1. The summed E-state index contributed by atoms with van der Waals surface area (Å²) >= 11 is 0. The molecule has 1 atom stereocenters. The number of carbonyl (C=O) groups excluding carboxylic acids is 1. The Bertz CT molecular complexity index is 863. The highest BCUT2D eigenvalue weighted by Crippen LogP contribution is 2.39. The normalized spacial score (nSPS) is 11.5. The van der Waals surface area contributed by atoms with Gasteiger partial charge in [0.25, 0.3) is 11.6 Å². The Balaban J connectivity index is 2.14. The van der Waals surface area contributed by atoms with E-state index in [2.05, 4.69) is 5.32 Å². The Morgan fingerprint density at radius 1 is 1.18 bits per heavy atom. The molecule has 2 rings (SSSR count). The van der Waals surface area contributed by atoms with Gasteiger partial charge in [0, 0.05) is 12.6 Å². The molecule has 10 heteroatoms. The summed E-state index contributed by atoms with van der Waals surface area (Å²) in [6, 6.07) is 5.72. The summed E-state index contributed by atoms with van der Waals surface area (Å²) in [5.74, 6) is -0.863. The molecule has 28 heavy (non-hydrogen) atoms. The number of hydrogen-bond donors (Lipinski definition) is 2. The minimum Gasteiger partial charge on any atom is -0.493 e. The van der Waals surface area contributed by atoms with Crippen LogP contribution in [0.2, 0.25) is 0 Å². The number of amides is 1. The second-order valence-electron chi connectivity index (χ2n) is 5.61. The van der Waals surface area contributed by atoms with Crippen molar-refractivity contribution in [2.75, 3.05) is 27.9 Å². The molecule has 150 valence electrons. The zero-order chi connectivity index (χ0) is 20.8. The van der Waals surface area contributed by atoms with Crippen LogP contribution in [-0.2, 0) is 0 Å². The number of carbonyl (C=O) groups is 1. The first-order valence-electron chi connectivity index (χ1n) is 8.02. The minimum atomic E-state index is -1.15. The van der Waals surface area contributed by atoms with Crippen molar-refractivity contribution in [3.8, 4) is 17.2 Å². The molecule has 0 saturated heterocycles. The van der Waals surface area contributed by atoms with E-state index in [9.17, 15) is 24.4 Å². The summed E-state index contributed by atoms with van der Waals surface area (Å²) in [5.41, 5.74) is -0.465. The van der Waals surface area contributed by atoms with Gasteiger partial charge in [0.2, 0.25) is 5.75 Å². The molecule has 0 radical (unpaired) electrons. The number of nitrogens with one attached hydrogen (secondary N) is 1. The van der Waals surface area contributed by atoms with Gasteiger partial charge in [0.05, 0.1) is 44.0 Å². The topological polar surface area (TPSA) is 120 Å². The Kier molecular flexibility index (Phi) is 6.72. The molecule has 0 bridgehead atoms. The van der Waals surface area contributed by atoms with Gasteiger partial charge < -0.3 is 24.6 Å². The number of aliphatic hydroxyl groups excluding tert-OH is 1. The molecule has 0 spiro atoms. The van der Waals surface area contributed by atoms with E-state index < -0.39 is 28.4 Å². The fraction of sp³-hybridized carbons (Fsp3) is 0.278. The number of aliphatic hydroxyl groups is 1. The fourth-order valence-corrected chi connectivity index (χ4v) is 2.50. The van der Waals surface area contributed by atoms with Crippen molar-refractivity contribution >= 4 is 11.6 Å². The van der Waals surface area contributed by atoms with Crippen LogP contribution < -0.4 is 19.5 Å². The Hall–Kier alpha value is -3.40. The number of nitro groups is 1. The highest BCUT2D eigenvalue weighted by atomic mass is 19.1. The van der Waals surface area contributed by atoms with Gasteiger partial charge in [-0.25, -0.2) is 4.39 Å². The summed E-state index contributed by atoms with van der Waals surface area (Å²) in [4.78, 5) is 22.0. The maximum atomic E-state index is 13.9. The molecule has 0 aromatic heterocycles. The number of hydrogen-bond acceptors (Lipinski definition) is 7. The van der Waals surface area contributed by atoms with Crippen molar-refractivity contribution in [1.29, 1.82) is 0 Å². The van der Waals surface area contributed by atoms with Crippen molar-refractivity contribution in [2.45, 2.75) is 6.10 Å². The minimum absolute atomic E-state index is 0.242. The molecule has 0 saturated carbocycles. The van der Waals surface area contributed by atoms with Gasteiger partial charge in [-0.2, -0.15) is 0 Å². The lowest BCUT2D eigenvalue weighted by Crippen LogP contribution is -2.29. The molecule has 0 aliphatic rings. The largest absolute Gasteiger partial charge is 0.493 e. The van der Waals surface area contributed by atoms with E-state index in [1.54, 1.807) is 0 Å². The van der Waals surface area contributed by atoms with E-state index in [0.717, 1.165) is 12.1 Å². The number of halogens is 1. The molecule has 2 aromatic rings. The highest BCUT2D eigenvalue weighted by molar-refractivity contribution is 5.94. The molecular weight excluding hydrogens is 375 g/mol. The number of methoxy groups -OCH3 is 3. The number of ether oxygens (including phenoxy) is 3. The summed E-state index contributed by atoms with van der Waals surface area (Å²) in [6.07, 6.45) is -1.15. The van der Waals surface area contributed by atoms with Crippen LogP contribution in [0, 0.1) is 15.9 Å². The highest BCUT2D eigenvalue weighted by Gasteiger charge is 2.20. The van der Waals surface area contributed by atoms with Crippen LogP contribution in [0.25, 0.3) is 0 Å². The van der Waals surface area contributed by atoms with Crippen molar-refractivity contribution in [1.82, 2.24) is 5.32 Å². The van der Waals surface area contributed by atoms with Crippen LogP contribution in [0.1, 0.15) is 22.0 Å². The van der Waals surface area contributed by atoms with Crippen LogP contribution in [0.5, 0.6) is 17.2 Å². The van der Waals surface area contributed by atoms with Gasteiger partial charge in [-0.05, 0) is 23.8 Å². The summed E-state index contributed by atoms with van der Waals surface area (Å²) in [7, 11) is 4.29. The first-order valence-corrected chi connectivity index (χ1v) is 8.02. The molecular formula is C18H19FN2O7. The van der Waals surface area contributed by atoms with Crippen LogP contribution in [0.3, 0.4) is 0 Å². The number of nitrogens with zero attached hydrogens (tertiary/aromatic N) is 1. The lowest BCUT2D eigenvalue weighted by Gasteiger charge is -2.17. The van der Waals surface area contributed by atoms with Crippen molar-refractivity contribution in [3.63, 3.8) is 0 Å².